The van der Waals surface area contributed by atoms with Crippen molar-refractivity contribution in [2.45, 2.75) is 26.2 Å². The van der Waals surface area contributed by atoms with E-state index in [0.29, 0.717) is 32.7 Å². The van der Waals surface area contributed by atoms with Crippen LogP contribution in [0.15, 0.2) is 24.3 Å². The number of aryl methyl sites for hydroxylation is 2. The summed E-state index contributed by atoms with van der Waals surface area (Å²) in [5.74, 6) is 0.0248. The molecule has 0 atom stereocenters. The van der Waals surface area contributed by atoms with Gasteiger partial charge in [-0.1, -0.05) is 31.2 Å². The molecule has 1 N–H and O–H groups in total. The number of hydrogen-bond donors (Lipinski definition) is 1. The normalized spacial score (nSPS) is 15.0. The highest BCUT2D eigenvalue weighted by molar-refractivity contribution is 5.78. The first-order valence-corrected chi connectivity index (χ1v) is 7.89. The molecule has 1 saturated heterocycles. The second-order valence-corrected chi connectivity index (χ2v) is 5.45. The third kappa shape index (κ3) is 5.15. The monoisotopic (exact) mass is 304 g/mol. The summed E-state index contributed by atoms with van der Waals surface area (Å²) >= 11 is 0. The van der Waals surface area contributed by atoms with Crippen molar-refractivity contribution < 1.29 is 14.3 Å². The molecule has 0 bridgehead atoms. The Balaban J connectivity index is 1.64. The number of carbonyl (C=O) groups excluding carboxylic acids is 2. The SMILES string of the molecule is CCc1ccc(CCC(=O)NCCN2CCOCC2=O)cc1. The summed E-state index contributed by atoms with van der Waals surface area (Å²) in [6.07, 6.45) is 2.25. The summed E-state index contributed by atoms with van der Waals surface area (Å²) in [6.45, 7) is 4.52. The van der Waals surface area contributed by atoms with Crippen LogP contribution in [-0.2, 0) is 27.2 Å². The van der Waals surface area contributed by atoms with Crippen LogP contribution < -0.4 is 5.32 Å². The second kappa shape index (κ2) is 8.54. The molecule has 0 aromatic heterocycles. The lowest BCUT2D eigenvalue weighted by Crippen LogP contribution is -2.45. The number of carbonyl (C=O) groups is 2. The molecule has 1 fully saturated rings. The zero-order valence-electron chi connectivity index (χ0n) is 13.1. The van der Waals surface area contributed by atoms with Crippen LogP contribution in [0.1, 0.15) is 24.5 Å². The van der Waals surface area contributed by atoms with E-state index in [9.17, 15) is 9.59 Å². The third-order valence-corrected chi connectivity index (χ3v) is 3.86. The van der Waals surface area contributed by atoms with Gasteiger partial charge in [0.15, 0.2) is 0 Å². The number of morpholine rings is 1. The summed E-state index contributed by atoms with van der Waals surface area (Å²) in [7, 11) is 0. The highest BCUT2D eigenvalue weighted by Crippen LogP contribution is 2.07. The molecular formula is C17H24N2O3. The van der Waals surface area contributed by atoms with Gasteiger partial charge in [-0.2, -0.15) is 0 Å². The van der Waals surface area contributed by atoms with E-state index in [-0.39, 0.29) is 18.4 Å². The van der Waals surface area contributed by atoms with Crippen LogP contribution in [0, 0.1) is 0 Å². The van der Waals surface area contributed by atoms with Crippen molar-refractivity contribution in [2.75, 3.05) is 32.8 Å². The van der Waals surface area contributed by atoms with Gasteiger partial charge in [-0.15, -0.1) is 0 Å². The number of benzene rings is 1. The molecule has 0 spiro atoms. The van der Waals surface area contributed by atoms with E-state index >= 15 is 0 Å². The Labute approximate surface area is 131 Å². The molecule has 1 aromatic carbocycles. The number of hydrogen-bond acceptors (Lipinski definition) is 3. The molecule has 5 heteroatoms. The second-order valence-electron chi connectivity index (χ2n) is 5.45. The van der Waals surface area contributed by atoms with E-state index in [0.717, 1.165) is 12.8 Å². The number of nitrogens with zero attached hydrogens (tertiary/aromatic N) is 1. The Morgan fingerprint density at radius 2 is 2.00 bits per heavy atom. The zero-order valence-corrected chi connectivity index (χ0v) is 13.1. The molecule has 0 aliphatic carbocycles. The lowest BCUT2D eigenvalue weighted by Gasteiger charge is -2.26. The molecule has 5 nitrogen and oxygen atoms in total. The van der Waals surface area contributed by atoms with E-state index < -0.39 is 0 Å². The Morgan fingerprint density at radius 3 is 2.68 bits per heavy atom. The first-order valence-electron chi connectivity index (χ1n) is 7.89. The predicted octanol–water partition coefficient (Wildman–Crippen LogP) is 1.16. The van der Waals surface area contributed by atoms with Gasteiger partial charge in [-0.05, 0) is 24.0 Å². The maximum atomic E-state index is 11.8. The van der Waals surface area contributed by atoms with Crippen LogP contribution >= 0.6 is 0 Å². The number of rotatable bonds is 7. The van der Waals surface area contributed by atoms with Crippen molar-refractivity contribution >= 4 is 11.8 Å². The van der Waals surface area contributed by atoms with Crippen LogP contribution in [0.25, 0.3) is 0 Å². The van der Waals surface area contributed by atoms with E-state index in [4.69, 9.17) is 4.74 Å². The largest absolute Gasteiger partial charge is 0.370 e. The smallest absolute Gasteiger partial charge is 0.248 e. The molecule has 22 heavy (non-hydrogen) atoms. The van der Waals surface area contributed by atoms with Crippen molar-refractivity contribution in [3.8, 4) is 0 Å². The molecule has 1 aliphatic heterocycles. The maximum absolute atomic E-state index is 11.8. The van der Waals surface area contributed by atoms with Gasteiger partial charge in [0.2, 0.25) is 11.8 Å². The van der Waals surface area contributed by atoms with Crippen molar-refractivity contribution in [1.29, 1.82) is 0 Å². The number of nitrogens with one attached hydrogen (secondary N) is 1. The van der Waals surface area contributed by atoms with Gasteiger partial charge in [0, 0.05) is 26.1 Å². The van der Waals surface area contributed by atoms with E-state index in [1.54, 1.807) is 4.90 Å². The lowest BCUT2D eigenvalue weighted by molar-refractivity contribution is -0.142. The summed E-state index contributed by atoms with van der Waals surface area (Å²) < 4.78 is 5.06. The molecule has 2 amide bonds. The molecule has 0 radical (unpaired) electrons. The van der Waals surface area contributed by atoms with E-state index in [1.807, 2.05) is 0 Å². The van der Waals surface area contributed by atoms with Gasteiger partial charge in [0.1, 0.15) is 6.61 Å². The van der Waals surface area contributed by atoms with Gasteiger partial charge in [0.05, 0.1) is 6.61 Å². The van der Waals surface area contributed by atoms with Crippen LogP contribution in [0.4, 0.5) is 0 Å². The van der Waals surface area contributed by atoms with Gasteiger partial charge >= 0.3 is 0 Å². The average molecular weight is 304 g/mol. The standard InChI is InChI=1S/C17H24N2O3/c1-2-14-3-5-15(6-4-14)7-8-16(20)18-9-10-19-11-12-22-13-17(19)21/h3-6H,2,7-13H2,1H3,(H,18,20). The molecule has 0 unspecified atom stereocenters. The van der Waals surface area contributed by atoms with Crippen LogP contribution in [0.5, 0.6) is 0 Å². The summed E-state index contributed by atoms with van der Waals surface area (Å²) in [6, 6.07) is 8.38. The van der Waals surface area contributed by atoms with Crippen molar-refractivity contribution in [3.63, 3.8) is 0 Å². The van der Waals surface area contributed by atoms with E-state index in [1.165, 1.54) is 11.1 Å². The van der Waals surface area contributed by atoms with Gasteiger partial charge in [0.25, 0.3) is 0 Å². The lowest BCUT2D eigenvalue weighted by atomic mass is 10.1. The third-order valence-electron chi connectivity index (χ3n) is 3.86. The van der Waals surface area contributed by atoms with Crippen LogP contribution in [0.2, 0.25) is 0 Å². The summed E-state index contributed by atoms with van der Waals surface area (Å²) in [4.78, 5) is 25.1. The fourth-order valence-electron chi connectivity index (χ4n) is 2.40. The highest BCUT2D eigenvalue weighted by atomic mass is 16.5. The Morgan fingerprint density at radius 1 is 1.27 bits per heavy atom. The first-order chi connectivity index (χ1) is 10.7. The Kier molecular flexibility index (Phi) is 6.40. The van der Waals surface area contributed by atoms with Gasteiger partial charge in [-0.25, -0.2) is 0 Å². The topological polar surface area (TPSA) is 58.6 Å². The highest BCUT2D eigenvalue weighted by Gasteiger charge is 2.17. The number of amides is 2. The maximum Gasteiger partial charge on any atom is 0.248 e. The molecule has 1 heterocycles. The molecule has 1 aliphatic rings. The molecule has 1 aromatic rings. The summed E-state index contributed by atoms with van der Waals surface area (Å²) in [5, 5.41) is 2.87. The van der Waals surface area contributed by atoms with Gasteiger partial charge < -0.3 is 15.0 Å². The molecule has 0 saturated carbocycles. The quantitative estimate of drug-likeness (QED) is 0.822. The van der Waals surface area contributed by atoms with Crippen molar-refractivity contribution in [3.05, 3.63) is 35.4 Å². The molecule has 120 valence electrons. The van der Waals surface area contributed by atoms with Crippen molar-refractivity contribution in [2.24, 2.45) is 0 Å². The van der Waals surface area contributed by atoms with Crippen LogP contribution in [-0.4, -0.2) is 49.6 Å². The van der Waals surface area contributed by atoms with Crippen LogP contribution in [0.3, 0.4) is 0 Å². The molecule has 2 rings (SSSR count). The summed E-state index contributed by atoms with van der Waals surface area (Å²) in [5.41, 5.74) is 2.49. The number of ether oxygens (including phenoxy) is 1. The zero-order chi connectivity index (χ0) is 15.8. The van der Waals surface area contributed by atoms with E-state index in [2.05, 4.69) is 36.5 Å². The first kappa shape index (κ1) is 16.5. The minimum atomic E-state index is -0.00323. The Hall–Kier alpha value is -1.88. The minimum Gasteiger partial charge on any atom is -0.370 e. The van der Waals surface area contributed by atoms with Crippen molar-refractivity contribution in [1.82, 2.24) is 10.2 Å². The molecular weight excluding hydrogens is 280 g/mol. The Bertz CT molecular complexity index is 499. The fraction of sp³-hybridized carbons (Fsp3) is 0.529. The fourth-order valence-corrected chi connectivity index (χ4v) is 2.40. The predicted molar refractivity (Wildman–Crippen MR) is 84.5 cm³/mol. The van der Waals surface area contributed by atoms with Gasteiger partial charge in [-0.3, -0.25) is 9.59 Å². The average Bonchev–Trinajstić information content (AvgIpc) is 2.55. The minimum absolute atomic E-state index is 0.00323.